The Morgan fingerprint density at radius 1 is 0.933 bits per heavy atom. The summed E-state index contributed by atoms with van der Waals surface area (Å²) >= 11 is 0. The third kappa shape index (κ3) is 3.91. The van der Waals surface area contributed by atoms with Gasteiger partial charge in [0.05, 0.1) is 42.7 Å². The van der Waals surface area contributed by atoms with Crippen LogP contribution in [0.15, 0.2) is 18.3 Å². The lowest BCUT2D eigenvalue weighted by Gasteiger charge is -2.50. The van der Waals surface area contributed by atoms with Crippen LogP contribution in [-0.4, -0.2) is 57.7 Å². The molecule has 8 heteroatoms. The highest BCUT2D eigenvalue weighted by Crippen LogP contribution is 2.44. The number of nitrogens with one attached hydrogen (secondary N) is 1. The van der Waals surface area contributed by atoms with E-state index in [1.165, 1.54) is 0 Å². The number of anilines is 1. The van der Waals surface area contributed by atoms with Crippen molar-refractivity contribution in [2.45, 2.75) is 74.7 Å². The zero-order valence-electron chi connectivity index (χ0n) is 17.7. The molecule has 30 heavy (non-hydrogen) atoms. The largest absolute Gasteiger partial charge is 0.493 e. The van der Waals surface area contributed by atoms with Gasteiger partial charge in [-0.3, -0.25) is 4.98 Å². The maximum Gasteiger partial charge on any atom is 0.163 e. The van der Waals surface area contributed by atoms with Gasteiger partial charge in [0, 0.05) is 24.2 Å². The van der Waals surface area contributed by atoms with E-state index in [0.29, 0.717) is 43.0 Å². The van der Waals surface area contributed by atoms with Crippen LogP contribution in [0, 0.1) is 0 Å². The molecule has 1 aromatic carbocycles. The molecule has 5 N–H and O–H groups in total. The van der Waals surface area contributed by atoms with Crippen molar-refractivity contribution in [3.63, 3.8) is 0 Å². The van der Waals surface area contributed by atoms with E-state index >= 15 is 0 Å². The molecule has 1 heterocycles. The van der Waals surface area contributed by atoms with Crippen molar-refractivity contribution in [2.75, 3.05) is 19.5 Å². The van der Waals surface area contributed by atoms with Crippen LogP contribution in [0.25, 0.3) is 11.0 Å². The second-order valence-corrected chi connectivity index (χ2v) is 8.77. The van der Waals surface area contributed by atoms with Crippen molar-refractivity contribution in [2.24, 2.45) is 5.73 Å². The first-order valence-electron chi connectivity index (χ1n) is 10.7. The minimum atomic E-state index is -1.04. The van der Waals surface area contributed by atoms with Gasteiger partial charge in [-0.1, -0.05) is 0 Å². The summed E-state index contributed by atoms with van der Waals surface area (Å²) in [5.74, 6) is 1.92. The molecule has 0 atom stereocenters. The average Bonchev–Trinajstić information content (AvgIpc) is 2.76. The summed E-state index contributed by atoms with van der Waals surface area (Å²) in [6, 6.07) is 3.93. The molecule has 2 aliphatic carbocycles. The third-order valence-corrected chi connectivity index (χ3v) is 6.94. The van der Waals surface area contributed by atoms with Gasteiger partial charge in [-0.25, -0.2) is 4.98 Å². The topological polar surface area (TPSA) is 123 Å². The smallest absolute Gasteiger partial charge is 0.163 e. The second-order valence-electron chi connectivity index (χ2n) is 8.77. The summed E-state index contributed by atoms with van der Waals surface area (Å²) in [6.45, 7) is 0. The highest BCUT2D eigenvalue weighted by atomic mass is 16.5. The van der Waals surface area contributed by atoms with E-state index < -0.39 is 11.2 Å². The summed E-state index contributed by atoms with van der Waals surface area (Å²) in [7, 11) is 3.19. The third-order valence-electron chi connectivity index (χ3n) is 6.94. The van der Waals surface area contributed by atoms with Crippen molar-refractivity contribution in [3.8, 4) is 11.5 Å². The first-order chi connectivity index (χ1) is 14.4. The molecule has 0 saturated heterocycles. The number of hydrogen-bond acceptors (Lipinski definition) is 8. The first-order valence-corrected chi connectivity index (χ1v) is 10.7. The molecule has 2 saturated carbocycles. The van der Waals surface area contributed by atoms with Gasteiger partial charge in [-0.2, -0.15) is 0 Å². The zero-order valence-corrected chi connectivity index (χ0v) is 17.7. The fourth-order valence-electron chi connectivity index (χ4n) is 4.91. The SMILES string of the molecule is COc1cc2ncc(NC3CCC(O)(C4(O)CCC(N)CC4)CC3)nc2cc1OC. The maximum atomic E-state index is 11.2. The lowest BCUT2D eigenvalue weighted by Crippen LogP contribution is -2.59. The van der Waals surface area contributed by atoms with Crippen LogP contribution in [0.3, 0.4) is 0 Å². The maximum absolute atomic E-state index is 11.2. The van der Waals surface area contributed by atoms with Crippen LogP contribution in [0.2, 0.25) is 0 Å². The monoisotopic (exact) mass is 416 g/mol. The summed E-state index contributed by atoms with van der Waals surface area (Å²) in [5, 5.41) is 25.7. The summed E-state index contributed by atoms with van der Waals surface area (Å²) < 4.78 is 10.7. The van der Waals surface area contributed by atoms with Crippen LogP contribution in [0.5, 0.6) is 11.5 Å². The highest BCUT2D eigenvalue weighted by molar-refractivity contribution is 5.80. The number of rotatable bonds is 5. The van der Waals surface area contributed by atoms with E-state index in [1.807, 2.05) is 12.1 Å². The standard InChI is InChI=1S/C22H32N4O4/c1-29-18-11-16-17(12-19(18)30-2)26-20(13-24-16)25-15-5-9-22(28,10-6-15)21(27)7-3-14(23)4-8-21/h11-15,27-28H,3-10,23H2,1-2H3,(H,25,26). The van der Waals surface area contributed by atoms with Gasteiger partial charge in [-0.05, 0) is 51.4 Å². The normalized spacial score (nSPS) is 32.0. The van der Waals surface area contributed by atoms with Crippen LogP contribution in [0.1, 0.15) is 51.4 Å². The Kier molecular flexibility index (Phi) is 5.74. The van der Waals surface area contributed by atoms with E-state index in [0.717, 1.165) is 36.7 Å². The van der Waals surface area contributed by atoms with Gasteiger partial charge in [0.2, 0.25) is 0 Å². The number of methoxy groups -OCH3 is 2. The molecule has 2 fully saturated rings. The van der Waals surface area contributed by atoms with Crippen molar-refractivity contribution < 1.29 is 19.7 Å². The molecule has 0 radical (unpaired) electrons. The molecule has 2 aliphatic rings. The Morgan fingerprint density at radius 3 is 2.03 bits per heavy atom. The number of aromatic nitrogens is 2. The van der Waals surface area contributed by atoms with Crippen molar-refractivity contribution in [3.05, 3.63) is 18.3 Å². The fourth-order valence-corrected chi connectivity index (χ4v) is 4.91. The van der Waals surface area contributed by atoms with Gasteiger partial charge in [0.15, 0.2) is 11.5 Å². The Bertz CT molecular complexity index is 890. The lowest BCUT2D eigenvalue weighted by molar-refractivity contribution is -0.184. The number of aliphatic hydroxyl groups is 2. The summed E-state index contributed by atoms with van der Waals surface area (Å²) in [4.78, 5) is 9.16. The van der Waals surface area contributed by atoms with Gasteiger partial charge < -0.3 is 30.7 Å². The molecule has 1 aromatic heterocycles. The molecule has 0 unspecified atom stereocenters. The molecule has 2 aromatic rings. The fraction of sp³-hybridized carbons (Fsp3) is 0.636. The second kappa shape index (κ2) is 8.17. The van der Waals surface area contributed by atoms with Crippen LogP contribution in [-0.2, 0) is 0 Å². The Morgan fingerprint density at radius 2 is 1.47 bits per heavy atom. The van der Waals surface area contributed by atoms with Crippen molar-refractivity contribution >= 4 is 16.9 Å². The number of nitrogens with zero attached hydrogens (tertiary/aromatic N) is 2. The Balaban J connectivity index is 1.43. The van der Waals surface area contributed by atoms with Crippen LogP contribution >= 0.6 is 0 Å². The van der Waals surface area contributed by atoms with Gasteiger partial charge in [0.1, 0.15) is 5.82 Å². The predicted molar refractivity (Wildman–Crippen MR) is 115 cm³/mol. The predicted octanol–water partition coefficient (Wildman–Crippen LogP) is 2.37. The quantitative estimate of drug-likeness (QED) is 0.586. The molecule has 4 rings (SSSR count). The molecule has 164 valence electrons. The first kappa shape index (κ1) is 21.1. The van der Waals surface area contributed by atoms with E-state index in [-0.39, 0.29) is 12.1 Å². The number of fused-ring (bicyclic) bond motifs is 1. The van der Waals surface area contributed by atoms with Gasteiger partial charge >= 0.3 is 0 Å². The number of benzene rings is 1. The van der Waals surface area contributed by atoms with Crippen molar-refractivity contribution in [1.82, 2.24) is 9.97 Å². The highest BCUT2D eigenvalue weighted by Gasteiger charge is 2.51. The molecule has 8 nitrogen and oxygen atoms in total. The molecular weight excluding hydrogens is 384 g/mol. The number of hydrogen-bond donors (Lipinski definition) is 4. The zero-order chi connectivity index (χ0) is 21.4. The molecule has 0 spiro atoms. The lowest BCUT2D eigenvalue weighted by atomic mass is 9.65. The molecule has 0 bridgehead atoms. The van der Waals surface area contributed by atoms with Gasteiger partial charge in [0.25, 0.3) is 0 Å². The summed E-state index contributed by atoms with van der Waals surface area (Å²) in [5.41, 5.74) is 5.37. The van der Waals surface area contributed by atoms with Crippen LogP contribution in [0.4, 0.5) is 5.82 Å². The Labute approximate surface area is 176 Å². The molecular formula is C22H32N4O4. The van der Waals surface area contributed by atoms with E-state index in [1.54, 1.807) is 20.4 Å². The number of nitrogens with two attached hydrogens (primary N) is 1. The van der Waals surface area contributed by atoms with Gasteiger partial charge in [-0.15, -0.1) is 0 Å². The Hall–Kier alpha value is -2.16. The minimum absolute atomic E-state index is 0.136. The van der Waals surface area contributed by atoms with E-state index in [9.17, 15) is 10.2 Å². The molecule has 0 aliphatic heterocycles. The summed E-state index contributed by atoms with van der Waals surface area (Å²) in [6.07, 6.45) is 7.03. The van der Waals surface area contributed by atoms with E-state index in [4.69, 9.17) is 15.2 Å². The van der Waals surface area contributed by atoms with E-state index in [2.05, 4.69) is 15.3 Å². The van der Waals surface area contributed by atoms with Crippen LogP contribution < -0.4 is 20.5 Å². The minimum Gasteiger partial charge on any atom is -0.493 e. The van der Waals surface area contributed by atoms with Crippen molar-refractivity contribution in [1.29, 1.82) is 0 Å². The average molecular weight is 417 g/mol. The molecule has 0 amide bonds. The number of ether oxygens (including phenoxy) is 2.